The smallest absolute Gasteiger partial charge is 0.115 e. The minimum absolute atomic E-state index is 0.286. The fourth-order valence-electron chi connectivity index (χ4n) is 2.26. The maximum atomic E-state index is 9.28. The largest absolute Gasteiger partial charge is 0.508 e. The molecule has 2 nitrogen and oxygen atoms in total. The first-order chi connectivity index (χ1) is 11.2. The first kappa shape index (κ1) is 14.9. The first-order valence-electron chi connectivity index (χ1n) is 7.60. The van der Waals surface area contributed by atoms with E-state index in [2.05, 4.69) is 66.8 Å². The summed E-state index contributed by atoms with van der Waals surface area (Å²) in [5, 5.41) is 12.7. The molecule has 0 unspecified atom stereocenters. The van der Waals surface area contributed by atoms with Gasteiger partial charge in [0.15, 0.2) is 0 Å². The summed E-state index contributed by atoms with van der Waals surface area (Å²) in [5.74, 6) is 0.286. The van der Waals surface area contributed by atoms with Gasteiger partial charge in [0.25, 0.3) is 0 Å². The third-order valence-corrected chi connectivity index (χ3v) is 3.61. The van der Waals surface area contributed by atoms with Crippen LogP contribution in [0.1, 0.15) is 16.7 Å². The second kappa shape index (κ2) is 6.84. The molecule has 0 radical (unpaired) electrons. The maximum absolute atomic E-state index is 9.28. The van der Waals surface area contributed by atoms with E-state index in [0.717, 1.165) is 22.5 Å². The number of aromatic hydroxyl groups is 1. The summed E-state index contributed by atoms with van der Waals surface area (Å²) < 4.78 is 0. The summed E-state index contributed by atoms with van der Waals surface area (Å²) in [6, 6.07) is 23.8. The number of hydrogen-bond acceptors (Lipinski definition) is 2. The average molecular weight is 301 g/mol. The highest BCUT2D eigenvalue weighted by molar-refractivity contribution is 5.71. The SMILES string of the molecule is Cc1ccc(Nc2ccc(C=Cc3ccc(O)cc3)cc2)cc1. The van der Waals surface area contributed by atoms with Gasteiger partial charge >= 0.3 is 0 Å². The molecule has 0 aliphatic heterocycles. The minimum Gasteiger partial charge on any atom is -0.508 e. The van der Waals surface area contributed by atoms with Crippen LogP contribution in [0.2, 0.25) is 0 Å². The summed E-state index contributed by atoms with van der Waals surface area (Å²) in [4.78, 5) is 0. The van der Waals surface area contributed by atoms with Gasteiger partial charge in [-0.05, 0) is 54.4 Å². The van der Waals surface area contributed by atoms with Gasteiger partial charge in [0.05, 0.1) is 0 Å². The molecule has 0 amide bonds. The van der Waals surface area contributed by atoms with Crippen molar-refractivity contribution in [1.29, 1.82) is 0 Å². The van der Waals surface area contributed by atoms with Gasteiger partial charge in [0, 0.05) is 11.4 Å². The van der Waals surface area contributed by atoms with Crippen LogP contribution < -0.4 is 5.32 Å². The highest BCUT2D eigenvalue weighted by Gasteiger charge is 1.95. The zero-order valence-electron chi connectivity index (χ0n) is 13.0. The molecule has 0 aliphatic carbocycles. The summed E-state index contributed by atoms with van der Waals surface area (Å²) >= 11 is 0. The fourth-order valence-corrected chi connectivity index (χ4v) is 2.26. The van der Waals surface area contributed by atoms with Crippen molar-refractivity contribution in [1.82, 2.24) is 0 Å². The topological polar surface area (TPSA) is 32.3 Å². The van der Waals surface area contributed by atoms with E-state index >= 15 is 0 Å². The normalized spacial score (nSPS) is 10.8. The molecule has 2 N–H and O–H groups in total. The van der Waals surface area contributed by atoms with E-state index in [4.69, 9.17) is 0 Å². The Labute approximate surface area is 136 Å². The zero-order chi connectivity index (χ0) is 16.1. The van der Waals surface area contributed by atoms with Crippen molar-refractivity contribution in [3.8, 4) is 5.75 Å². The minimum atomic E-state index is 0.286. The van der Waals surface area contributed by atoms with Crippen LogP contribution in [0.4, 0.5) is 11.4 Å². The third-order valence-electron chi connectivity index (χ3n) is 3.61. The zero-order valence-corrected chi connectivity index (χ0v) is 13.0. The summed E-state index contributed by atoms with van der Waals surface area (Å²) in [6.45, 7) is 2.08. The van der Waals surface area contributed by atoms with Gasteiger partial charge in [-0.1, -0.05) is 54.1 Å². The van der Waals surface area contributed by atoms with Crippen molar-refractivity contribution in [2.45, 2.75) is 6.92 Å². The van der Waals surface area contributed by atoms with Gasteiger partial charge in [0.2, 0.25) is 0 Å². The first-order valence-corrected chi connectivity index (χ1v) is 7.60. The van der Waals surface area contributed by atoms with Crippen molar-refractivity contribution >= 4 is 23.5 Å². The van der Waals surface area contributed by atoms with Gasteiger partial charge in [-0.15, -0.1) is 0 Å². The number of benzene rings is 3. The summed E-state index contributed by atoms with van der Waals surface area (Å²) in [6.07, 6.45) is 4.09. The Balaban J connectivity index is 1.67. The molecule has 2 heteroatoms. The van der Waals surface area contributed by atoms with Crippen molar-refractivity contribution in [2.24, 2.45) is 0 Å². The van der Waals surface area contributed by atoms with Crippen molar-refractivity contribution in [2.75, 3.05) is 5.32 Å². The molecule has 0 saturated carbocycles. The Kier molecular flexibility index (Phi) is 4.44. The third kappa shape index (κ3) is 4.24. The number of phenols is 1. The number of rotatable bonds is 4. The summed E-state index contributed by atoms with van der Waals surface area (Å²) in [5.41, 5.74) is 5.60. The van der Waals surface area contributed by atoms with Crippen molar-refractivity contribution in [3.05, 3.63) is 89.5 Å². The van der Waals surface area contributed by atoms with E-state index in [1.54, 1.807) is 12.1 Å². The van der Waals surface area contributed by atoms with E-state index in [9.17, 15) is 5.11 Å². The molecule has 0 spiro atoms. The number of nitrogens with one attached hydrogen (secondary N) is 1. The molecule has 0 aliphatic rings. The van der Waals surface area contributed by atoms with Gasteiger partial charge in [-0.2, -0.15) is 0 Å². The van der Waals surface area contributed by atoms with Crippen molar-refractivity contribution in [3.63, 3.8) is 0 Å². The Morgan fingerprint density at radius 2 is 1.09 bits per heavy atom. The molecule has 0 saturated heterocycles. The average Bonchev–Trinajstić information content (AvgIpc) is 2.58. The van der Waals surface area contributed by atoms with Gasteiger partial charge in [-0.3, -0.25) is 0 Å². The van der Waals surface area contributed by atoms with E-state index in [1.165, 1.54) is 5.56 Å². The van der Waals surface area contributed by atoms with Gasteiger partial charge < -0.3 is 10.4 Å². The van der Waals surface area contributed by atoms with Gasteiger partial charge in [-0.25, -0.2) is 0 Å². The number of hydrogen-bond donors (Lipinski definition) is 2. The lowest BCUT2D eigenvalue weighted by atomic mass is 10.1. The number of phenolic OH excluding ortho intramolecular Hbond substituents is 1. The standard InChI is InChI=1S/C21H19NO/c1-16-2-10-19(11-3-16)22-20-12-6-17(7-13-20)4-5-18-8-14-21(23)15-9-18/h2-15,22-23H,1H3. The number of anilines is 2. The monoisotopic (exact) mass is 301 g/mol. The molecule has 0 heterocycles. The molecule has 114 valence electrons. The van der Waals surface area contributed by atoms with Crippen LogP contribution in [0.25, 0.3) is 12.2 Å². The van der Waals surface area contributed by atoms with Gasteiger partial charge in [0.1, 0.15) is 5.75 Å². The molecule has 3 aromatic carbocycles. The van der Waals surface area contributed by atoms with Crippen LogP contribution in [0.5, 0.6) is 5.75 Å². The van der Waals surface area contributed by atoms with E-state index < -0.39 is 0 Å². The number of aryl methyl sites for hydroxylation is 1. The maximum Gasteiger partial charge on any atom is 0.115 e. The predicted octanol–water partition coefficient (Wildman–Crippen LogP) is 5.61. The van der Waals surface area contributed by atoms with Crippen LogP contribution in [0.3, 0.4) is 0 Å². The van der Waals surface area contributed by atoms with Crippen molar-refractivity contribution < 1.29 is 5.11 Å². The predicted molar refractivity (Wildman–Crippen MR) is 97.9 cm³/mol. The summed E-state index contributed by atoms with van der Waals surface area (Å²) in [7, 11) is 0. The lowest BCUT2D eigenvalue weighted by Crippen LogP contribution is -1.89. The Morgan fingerprint density at radius 1 is 0.652 bits per heavy atom. The Bertz CT molecular complexity index is 785. The molecule has 0 aromatic heterocycles. The molecule has 3 aromatic rings. The van der Waals surface area contributed by atoms with E-state index in [0.29, 0.717) is 0 Å². The van der Waals surface area contributed by atoms with Crippen LogP contribution in [0.15, 0.2) is 72.8 Å². The molecule has 3 rings (SSSR count). The second-order valence-corrected chi connectivity index (χ2v) is 5.54. The molecule has 23 heavy (non-hydrogen) atoms. The molecule has 0 fully saturated rings. The molecule has 0 atom stereocenters. The highest BCUT2D eigenvalue weighted by Crippen LogP contribution is 2.19. The Morgan fingerprint density at radius 3 is 1.61 bits per heavy atom. The molecular weight excluding hydrogens is 282 g/mol. The second-order valence-electron chi connectivity index (χ2n) is 5.54. The van der Waals surface area contributed by atoms with Crippen LogP contribution >= 0.6 is 0 Å². The highest BCUT2D eigenvalue weighted by atomic mass is 16.3. The fraction of sp³-hybridized carbons (Fsp3) is 0.0476. The van der Waals surface area contributed by atoms with Crippen LogP contribution in [-0.2, 0) is 0 Å². The van der Waals surface area contributed by atoms with Crippen LogP contribution in [-0.4, -0.2) is 5.11 Å². The van der Waals surface area contributed by atoms with E-state index in [1.807, 2.05) is 18.2 Å². The Hall–Kier alpha value is -3.00. The lowest BCUT2D eigenvalue weighted by Gasteiger charge is -2.07. The quantitative estimate of drug-likeness (QED) is 0.613. The van der Waals surface area contributed by atoms with E-state index in [-0.39, 0.29) is 5.75 Å². The lowest BCUT2D eigenvalue weighted by molar-refractivity contribution is 0.475. The van der Waals surface area contributed by atoms with Crippen LogP contribution in [0, 0.1) is 6.92 Å². The molecule has 0 bridgehead atoms. The molecular formula is C21H19NO.